The fourth-order valence-corrected chi connectivity index (χ4v) is 5.07. The first-order valence-corrected chi connectivity index (χ1v) is 11.7. The van der Waals surface area contributed by atoms with Crippen LogP contribution in [-0.2, 0) is 22.6 Å². The van der Waals surface area contributed by atoms with Gasteiger partial charge in [0.05, 0.1) is 18.1 Å². The van der Waals surface area contributed by atoms with Gasteiger partial charge in [0.1, 0.15) is 28.2 Å². The van der Waals surface area contributed by atoms with Crippen LogP contribution in [0.5, 0.6) is 0 Å². The smallest absolute Gasteiger partial charge is 0.265 e. The second kappa shape index (κ2) is 10.3. The number of amides is 2. The zero-order valence-corrected chi connectivity index (χ0v) is 19.8. The number of benzene rings is 2. The molecule has 1 N–H and O–H groups in total. The van der Waals surface area contributed by atoms with Crippen molar-refractivity contribution in [2.24, 2.45) is 0 Å². The van der Waals surface area contributed by atoms with Gasteiger partial charge in [-0.15, -0.1) is 0 Å². The minimum absolute atomic E-state index is 0.0704. The average molecular weight is 516 g/mol. The van der Waals surface area contributed by atoms with Crippen molar-refractivity contribution in [1.29, 1.82) is 5.26 Å². The molecule has 1 atom stereocenters. The number of nitrogens with zero attached hydrogens (tertiary/aromatic N) is 2. The molecule has 172 valence electrons. The molecule has 0 saturated carbocycles. The molecule has 0 aliphatic carbocycles. The molecule has 4 rings (SSSR count). The van der Waals surface area contributed by atoms with Crippen LogP contribution in [0.1, 0.15) is 11.3 Å². The highest BCUT2D eigenvalue weighted by atomic mass is 35.5. The van der Waals surface area contributed by atoms with E-state index in [-0.39, 0.29) is 29.5 Å². The lowest BCUT2D eigenvalue weighted by Crippen LogP contribution is -2.32. The zero-order chi connectivity index (χ0) is 24.2. The van der Waals surface area contributed by atoms with Crippen molar-refractivity contribution >= 4 is 52.5 Å². The average Bonchev–Trinajstić information content (AvgIpc) is 3.45. The third-order valence-corrected chi connectivity index (χ3v) is 6.87. The summed E-state index contributed by atoms with van der Waals surface area (Å²) < 4.78 is 18.7. The number of hydrogen-bond acceptors (Lipinski definition) is 5. The molecule has 3 aromatic rings. The molecule has 1 saturated heterocycles. The first-order chi connectivity index (χ1) is 16.4. The van der Waals surface area contributed by atoms with E-state index in [2.05, 4.69) is 5.32 Å². The van der Waals surface area contributed by atoms with Crippen LogP contribution in [0.25, 0.3) is 0 Å². The summed E-state index contributed by atoms with van der Waals surface area (Å²) in [7, 11) is 0. The quantitative estimate of drug-likeness (QED) is 0.347. The normalized spacial score (nSPS) is 16.9. The molecule has 0 radical (unpaired) electrons. The maximum Gasteiger partial charge on any atom is 0.265 e. The molecule has 0 spiro atoms. The van der Waals surface area contributed by atoms with Crippen LogP contribution >= 0.6 is 35.0 Å². The summed E-state index contributed by atoms with van der Waals surface area (Å²) in [4.78, 5) is 27.6. The van der Waals surface area contributed by atoms with Gasteiger partial charge in [-0.2, -0.15) is 5.26 Å². The minimum atomic E-state index is -0.683. The standard InChI is InChI=1S/C24H16Cl2FN3O3S/c25-15-3-8-20(26)14(10-15)11-21-23(32)30(17-6-4-16(27)5-7-17)24(34-21)19(12-28)22(31)29-13-18-2-1-9-33-18/h1-10,21H,11,13H2,(H,29,31). The van der Waals surface area contributed by atoms with Gasteiger partial charge in [0.2, 0.25) is 5.91 Å². The van der Waals surface area contributed by atoms with E-state index in [4.69, 9.17) is 27.6 Å². The summed E-state index contributed by atoms with van der Waals surface area (Å²) in [5.41, 5.74) is 0.746. The molecule has 2 heterocycles. The number of carbonyl (C=O) groups is 2. The Morgan fingerprint density at radius 2 is 1.97 bits per heavy atom. The number of thioether (sulfide) groups is 1. The van der Waals surface area contributed by atoms with Gasteiger partial charge in [0.25, 0.3) is 5.91 Å². The van der Waals surface area contributed by atoms with E-state index >= 15 is 0 Å². The molecule has 1 unspecified atom stereocenters. The van der Waals surface area contributed by atoms with E-state index in [0.29, 0.717) is 27.1 Å². The SMILES string of the molecule is N#CC(C(=O)NCc1ccco1)=C1SC(Cc2cc(Cl)ccc2Cl)C(=O)N1c1ccc(F)cc1. The van der Waals surface area contributed by atoms with E-state index in [1.807, 2.05) is 6.07 Å². The third-order valence-electron chi connectivity index (χ3n) is 5.01. The lowest BCUT2D eigenvalue weighted by molar-refractivity contribution is -0.117. The Bertz CT molecular complexity index is 1300. The van der Waals surface area contributed by atoms with E-state index in [1.54, 1.807) is 30.3 Å². The molecule has 1 aliphatic heterocycles. The number of nitriles is 1. The fourth-order valence-electron chi connectivity index (χ4n) is 3.38. The molecule has 34 heavy (non-hydrogen) atoms. The van der Waals surface area contributed by atoms with Gasteiger partial charge < -0.3 is 9.73 Å². The van der Waals surface area contributed by atoms with Crippen molar-refractivity contribution in [3.63, 3.8) is 0 Å². The van der Waals surface area contributed by atoms with Crippen molar-refractivity contribution in [3.05, 3.63) is 98.6 Å². The molecule has 2 amide bonds. The monoisotopic (exact) mass is 515 g/mol. The van der Waals surface area contributed by atoms with Crippen LogP contribution in [0.2, 0.25) is 10.0 Å². The topological polar surface area (TPSA) is 86.3 Å². The molecule has 6 nitrogen and oxygen atoms in total. The second-order valence-corrected chi connectivity index (χ2v) is 9.29. The summed E-state index contributed by atoms with van der Waals surface area (Å²) in [5, 5.41) is 12.8. The van der Waals surface area contributed by atoms with Crippen LogP contribution in [-0.4, -0.2) is 17.1 Å². The molecular weight excluding hydrogens is 500 g/mol. The minimum Gasteiger partial charge on any atom is -0.467 e. The highest BCUT2D eigenvalue weighted by molar-refractivity contribution is 8.05. The van der Waals surface area contributed by atoms with Crippen LogP contribution in [0, 0.1) is 17.1 Å². The predicted octanol–water partition coefficient (Wildman–Crippen LogP) is 5.47. The van der Waals surface area contributed by atoms with E-state index < -0.39 is 17.0 Å². The summed E-state index contributed by atoms with van der Waals surface area (Å²) in [5.74, 6) is -1.00. The first-order valence-electron chi connectivity index (χ1n) is 10.0. The van der Waals surface area contributed by atoms with Gasteiger partial charge in [0.15, 0.2) is 0 Å². The van der Waals surface area contributed by atoms with Crippen molar-refractivity contribution < 1.29 is 18.4 Å². The highest BCUT2D eigenvalue weighted by Crippen LogP contribution is 2.42. The number of halogens is 3. The van der Waals surface area contributed by atoms with Crippen LogP contribution in [0.15, 0.2) is 75.9 Å². The molecule has 1 fully saturated rings. The van der Waals surface area contributed by atoms with Crippen LogP contribution < -0.4 is 10.2 Å². The largest absolute Gasteiger partial charge is 0.467 e. The Hall–Kier alpha value is -3.25. The molecular formula is C24H16Cl2FN3O3S. The number of nitrogens with one attached hydrogen (secondary N) is 1. The van der Waals surface area contributed by atoms with Gasteiger partial charge >= 0.3 is 0 Å². The van der Waals surface area contributed by atoms with E-state index in [0.717, 1.165) is 11.8 Å². The van der Waals surface area contributed by atoms with Gasteiger partial charge in [-0.05, 0) is 66.6 Å². The molecule has 1 aliphatic rings. The van der Waals surface area contributed by atoms with E-state index in [9.17, 15) is 19.2 Å². The first kappa shape index (κ1) is 23.9. The fraction of sp³-hybridized carbons (Fsp3) is 0.125. The number of anilines is 1. The number of hydrogen-bond donors (Lipinski definition) is 1. The van der Waals surface area contributed by atoms with Crippen LogP contribution in [0.4, 0.5) is 10.1 Å². The Labute approximate surface area is 208 Å². The van der Waals surface area contributed by atoms with Crippen molar-refractivity contribution in [2.75, 3.05) is 4.90 Å². The Morgan fingerprint density at radius 3 is 2.65 bits per heavy atom. The zero-order valence-electron chi connectivity index (χ0n) is 17.4. The number of furan rings is 1. The number of rotatable bonds is 6. The molecule has 1 aromatic heterocycles. The maximum absolute atomic E-state index is 13.5. The Balaban J connectivity index is 1.70. The Kier molecular flexibility index (Phi) is 7.27. The second-order valence-electron chi connectivity index (χ2n) is 7.25. The maximum atomic E-state index is 13.5. The molecule has 0 bridgehead atoms. The lowest BCUT2D eigenvalue weighted by atomic mass is 10.1. The molecule has 10 heteroatoms. The summed E-state index contributed by atoms with van der Waals surface area (Å²) >= 11 is 13.5. The van der Waals surface area contributed by atoms with Crippen molar-refractivity contribution in [2.45, 2.75) is 18.2 Å². The van der Waals surface area contributed by atoms with Gasteiger partial charge in [-0.1, -0.05) is 35.0 Å². The van der Waals surface area contributed by atoms with Crippen molar-refractivity contribution in [1.82, 2.24) is 5.32 Å². The number of carbonyl (C=O) groups excluding carboxylic acids is 2. The third kappa shape index (κ3) is 5.12. The highest BCUT2D eigenvalue weighted by Gasteiger charge is 2.41. The van der Waals surface area contributed by atoms with E-state index in [1.165, 1.54) is 35.4 Å². The van der Waals surface area contributed by atoms with Crippen LogP contribution in [0.3, 0.4) is 0 Å². The molecule has 2 aromatic carbocycles. The van der Waals surface area contributed by atoms with Gasteiger partial charge in [-0.3, -0.25) is 14.5 Å². The Morgan fingerprint density at radius 1 is 1.21 bits per heavy atom. The van der Waals surface area contributed by atoms with Gasteiger partial charge in [-0.25, -0.2) is 4.39 Å². The lowest BCUT2D eigenvalue weighted by Gasteiger charge is -2.18. The summed E-state index contributed by atoms with van der Waals surface area (Å²) in [6.07, 6.45) is 1.69. The summed E-state index contributed by atoms with van der Waals surface area (Å²) in [6.45, 7) is 0.0704. The van der Waals surface area contributed by atoms with Gasteiger partial charge in [0, 0.05) is 15.7 Å². The summed E-state index contributed by atoms with van der Waals surface area (Å²) in [6, 6.07) is 15.5. The predicted molar refractivity (Wildman–Crippen MR) is 129 cm³/mol. The van der Waals surface area contributed by atoms with Crippen molar-refractivity contribution in [3.8, 4) is 6.07 Å².